The minimum atomic E-state index is -4.96. The van der Waals surface area contributed by atoms with Crippen molar-refractivity contribution in [2.24, 2.45) is 5.41 Å². The molecule has 2 atom stereocenters. The summed E-state index contributed by atoms with van der Waals surface area (Å²) >= 11 is 0. The number of hydrogen-bond acceptors (Lipinski definition) is 3. The molecule has 0 aliphatic heterocycles. The van der Waals surface area contributed by atoms with Gasteiger partial charge in [0.05, 0.1) is 11.1 Å². The number of hydrogen-bond donors (Lipinski definition) is 2. The first-order valence-corrected chi connectivity index (χ1v) is 9.95. The molecule has 0 aromatic heterocycles. The Morgan fingerprint density at radius 2 is 1.56 bits per heavy atom. The van der Waals surface area contributed by atoms with Crippen molar-refractivity contribution in [2.45, 2.75) is 77.5 Å². The lowest BCUT2D eigenvalue weighted by atomic mass is 9.87. The molecule has 0 bridgehead atoms. The second kappa shape index (κ2) is 8.82. The van der Waals surface area contributed by atoms with E-state index in [0.717, 1.165) is 0 Å². The van der Waals surface area contributed by atoms with E-state index in [-0.39, 0.29) is 24.1 Å². The van der Waals surface area contributed by atoms with Crippen molar-refractivity contribution in [3.05, 3.63) is 34.9 Å². The standard InChI is InChI=1S/C21H26F6N2O3/c1-18(2,3)32-17(31)29-15-5-6-19(4,10-15)16(30)28-11-12-7-13(20(22,23)24)9-14(8-12)21(25,26)27/h7-9,15H,5-6,10-11H2,1-4H3,(H,28,30)(H,29,31)/t15-,19?/m1/s1. The van der Waals surface area contributed by atoms with Gasteiger partial charge in [0.1, 0.15) is 5.60 Å². The number of alkyl halides is 6. The Balaban J connectivity index is 2.05. The summed E-state index contributed by atoms with van der Waals surface area (Å²) in [6.07, 6.45) is -9.43. The number of rotatable bonds is 4. The van der Waals surface area contributed by atoms with Crippen molar-refractivity contribution in [2.75, 3.05) is 0 Å². The number of carbonyl (C=O) groups excluding carboxylic acids is 2. The van der Waals surface area contributed by atoms with Gasteiger partial charge in [-0.1, -0.05) is 6.92 Å². The first kappa shape index (κ1) is 25.8. The van der Waals surface area contributed by atoms with Gasteiger partial charge < -0.3 is 15.4 Å². The van der Waals surface area contributed by atoms with Gasteiger partial charge >= 0.3 is 18.4 Å². The van der Waals surface area contributed by atoms with Crippen LogP contribution in [0.2, 0.25) is 0 Å². The lowest BCUT2D eigenvalue weighted by Crippen LogP contribution is -2.41. The van der Waals surface area contributed by atoms with Crippen LogP contribution in [0.3, 0.4) is 0 Å². The van der Waals surface area contributed by atoms with E-state index in [0.29, 0.717) is 25.0 Å². The molecule has 0 spiro atoms. The molecule has 2 rings (SSSR count). The van der Waals surface area contributed by atoms with Crippen LogP contribution in [-0.4, -0.2) is 23.6 Å². The quantitative estimate of drug-likeness (QED) is 0.580. The molecule has 1 aliphatic rings. The predicted octanol–water partition coefficient (Wildman–Crippen LogP) is 5.42. The summed E-state index contributed by atoms with van der Waals surface area (Å²) in [5.74, 6) is -0.517. The SMILES string of the molecule is CC(C)(C)OC(=O)N[C@@H]1CCC(C)(C(=O)NCc2cc(C(F)(F)F)cc(C(F)(F)F)c2)C1. The number of halogens is 6. The Labute approximate surface area is 181 Å². The van der Waals surface area contributed by atoms with Crippen LogP contribution in [0.15, 0.2) is 18.2 Å². The van der Waals surface area contributed by atoms with Gasteiger partial charge in [-0.2, -0.15) is 26.3 Å². The molecule has 2 amide bonds. The molecule has 0 heterocycles. The van der Waals surface area contributed by atoms with E-state index in [2.05, 4.69) is 10.6 Å². The van der Waals surface area contributed by atoms with E-state index in [9.17, 15) is 35.9 Å². The number of benzene rings is 1. The monoisotopic (exact) mass is 468 g/mol. The highest BCUT2D eigenvalue weighted by Crippen LogP contribution is 2.39. The lowest BCUT2D eigenvalue weighted by molar-refractivity contribution is -0.143. The third kappa shape index (κ3) is 7.03. The summed E-state index contributed by atoms with van der Waals surface area (Å²) in [6.45, 7) is 6.25. The molecule has 1 fully saturated rings. The third-order valence-electron chi connectivity index (χ3n) is 5.11. The van der Waals surface area contributed by atoms with E-state index >= 15 is 0 Å². The first-order chi connectivity index (χ1) is 14.4. The Bertz CT molecular complexity index is 828. The molecule has 5 nitrogen and oxygen atoms in total. The van der Waals surface area contributed by atoms with Crippen LogP contribution in [0.4, 0.5) is 31.1 Å². The zero-order valence-corrected chi connectivity index (χ0v) is 18.1. The molecule has 1 saturated carbocycles. The van der Waals surface area contributed by atoms with E-state index in [1.54, 1.807) is 27.7 Å². The number of alkyl carbamates (subject to hydrolysis) is 1. The molecule has 1 aliphatic carbocycles. The highest BCUT2D eigenvalue weighted by molar-refractivity contribution is 5.82. The third-order valence-corrected chi connectivity index (χ3v) is 5.11. The Morgan fingerprint density at radius 3 is 2.03 bits per heavy atom. The average molecular weight is 468 g/mol. The molecular formula is C21H26F6N2O3. The predicted molar refractivity (Wildman–Crippen MR) is 103 cm³/mol. The molecule has 180 valence electrons. The number of amides is 2. The zero-order valence-electron chi connectivity index (χ0n) is 18.1. The summed E-state index contributed by atoms with van der Waals surface area (Å²) in [6, 6.07) is 0.862. The largest absolute Gasteiger partial charge is 0.444 e. The van der Waals surface area contributed by atoms with Crippen LogP contribution < -0.4 is 10.6 Å². The summed E-state index contributed by atoms with van der Waals surface area (Å²) in [4.78, 5) is 24.6. The summed E-state index contributed by atoms with van der Waals surface area (Å²) in [5.41, 5.74) is -4.82. The van der Waals surface area contributed by atoms with E-state index in [1.165, 1.54) is 0 Å². The van der Waals surface area contributed by atoms with Crippen molar-refractivity contribution in [1.29, 1.82) is 0 Å². The van der Waals surface area contributed by atoms with Gasteiger partial charge in [-0.3, -0.25) is 4.79 Å². The Hall–Kier alpha value is -2.46. The van der Waals surface area contributed by atoms with Crippen LogP contribution in [0, 0.1) is 5.41 Å². The maximum atomic E-state index is 13.0. The highest BCUT2D eigenvalue weighted by atomic mass is 19.4. The van der Waals surface area contributed by atoms with Crippen molar-refractivity contribution in [3.63, 3.8) is 0 Å². The fourth-order valence-corrected chi connectivity index (χ4v) is 3.56. The summed E-state index contributed by atoms with van der Waals surface area (Å²) in [5, 5.41) is 5.11. The van der Waals surface area contributed by atoms with Crippen LogP contribution in [0.5, 0.6) is 0 Å². The van der Waals surface area contributed by atoms with Gasteiger partial charge in [0.15, 0.2) is 0 Å². The van der Waals surface area contributed by atoms with Gasteiger partial charge in [0, 0.05) is 18.0 Å². The highest BCUT2D eigenvalue weighted by Gasteiger charge is 2.42. The minimum absolute atomic E-state index is 0.0382. The van der Waals surface area contributed by atoms with E-state index < -0.39 is 53.0 Å². The number of nitrogens with one attached hydrogen (secondary N) is 2. The van der Waals surface area contributed by atoms with Crippen LogP contribution in [0.25, 0.3) is 0 Å². The number of carbonyl (C=O) groups is 2. The van der Waals surface area contributed by atoms with Crippen molar-refractivity contribution >= 4 is 12.0 Å². The maximum absolute atomic E-state index is 13.0. The van der Waals surface area contributed by atoms with Crippen molar-refractivity contribution in [1.82, 2.24) is 10.6 Å². The van der Waals surface area contributed by atoms with Crippen LogP contribution in [-0.2, 0) is 28.4 Å². The first-order valence-electron chi connectivity index (χ1n) is 9.95. The summed E-state index contributed by atoms with van der Waals surface area (Å²) < 4.78 is 83.1. The minimum Gasteiger partial charge on any atom is -0.444 e. The molecule has 11 heteroatoms. The Morgan fingerprint density at radius 1 is 1.03 bits per heavy atom. The fourth-order valence-electron chi connectivity index (χ4n) is 3.56. The molecule has 1 unspecified atom stereocenters. The molecule has 1 aromatic carbocycles. The van der Waals surface area contributed by atoms with E-state index in [1.807, 2.05) is 0 Å². The van der Waals surface area contributed by atoms with Gasteiger partial charge in [-0.25, -0.2) is 4.79 Å². The topological polar surface area (TPSA) is 67.4 Å². The smallest absolute Gasteiger partial charge is 0.416 e. The number of ether oxygens (including phenoxy) is 1. The zero-order chi connectivity index (χ0) is 24.5. The molecule has 0 saturated heterocycles. The second-order valence-corrected chi connectivity index (χ2v) is 9.24. The second-order valence-electron chi connectivity index (χ2n) is 9.24. The fraction of sp³-hybridized carbons (Fsp3) is 0.619. The molecule has 2 N–H and O–H groups in total. The van der Waals surface area contributed by atoms with Gasteiger partial charge in [-0.15, -0.1) is 0 Å². The summed E-state index contributed by atoms with van der Waals surface area (Å²) in [7, 11) is 0. The van der Waals surface area contributed by atoms with E-state index in [4.69, 9.17) is 4.74 Å². The van der Waals surface area contributed by atoms with Crippen LogP contribution in [0.1, 0.15) is 63.6 Å². The molecular weight excluding hydrogens is 442 g/mol. The molecule has 0 radical (unpaired) electrons. The van der Waals surface area contributed by atoms with Crippen molar-refractivity contribution in [3.8, 4) is 0 Å². The maximum Gasteiger partial charge on any atom is 0.416 e. The van der Waals surface area contributed by atoms with Gasteiger partial charge in [-0.05, 0) is 63.8 Å². The lowest BCUT2D eigenvalue weighted by Gasteiger charge is -2.25. The molecule has 32 heavy (non-hydrogen) atoms. The van der Waals surface area contributed by atoms with Gasteiger partial charge in [0.25, 0.3) is 0 Å². The molecule has 1 aromatic rings. The van der Waals surface area contributed by atoms with Crippen molar-refractivity contribution < 1.29 is 40.7 Å². The van der Waals surface area contributed by atoms with Gasteiger partial charge in [0.2, 0.25) is 5.91 Å². The normalized spacial score (nSPS) is 21.9. The Kier molecular flexibility index (Phi) is 7.11. The van der Waals surface area contributed by atoms with Crippen LogP contribution >= 0.6 is 0 Å². The average Bonchev–Trinajstić information content (AvgIpc) is 2.98.